The van der Waals surface area contributed by atoms with Gasteiger partial charge in [0.15, 0.2) is 0 Å². The Morgan fingerprint density at radius 1 is 1.60 bits per heavy atom. The average Bonchev–Trinajstić information content (AvgIpc) is 1.79. The Balaban J connectivity index is 2.12. The van der Waals surface area contributed by atoms with E-state index in [2.05, 4.69) is 6.92 Å². The minimum atomic E-state index is -0.155. The van der Waals surface area contributed by atoms with Crippen LogP contribution >= 0.6 is 0 Å². The Kier molecular flexibility index (Phi) is 2.32. The molecule has 2 heteroatoms. The second kappa shape index (κ2) is 2.89. The number of hydrogen-bond acceptors (Lipinski definition) is 2. The summed E-state index contributed by atoms with van der Waals surface area (Å²) in [4.78, 5) is 0. The first kappa shape index (κ1) is 8.02. The van der Waals surface area contributed by atoms with E-state index in [-0.39, 0.29) is 6.10 Å². The largest absolute Gasteiger partial charge is 0.393 e. The average molecular weight is 144 g/mol. The molecule has 1 heterocycles. The number of aliphatic hydroxyl groups is 1. The first-order valence-electron chi connectivity index (χ1n) is 3.88. The molecule has 0 aromatic carbocycles. The van der Waals surface area contributed by atoms with Gasteiger partial charge in [0, 0.05) is 5.41 Å². The Hall–Kier alpha value is -0.0800. The van der Waals surface area contributed by atoms with Gasteiger partial charge in [0.25, 0.3) is 0 Å². The van der Waals surface area contributed by atoms with Crippen LogP contribution in [0.2, 0.25) is 0 Å². The van der Waals surface area contributed by atoms with Gasteiger partial charge in [0.1, 0.15) is 0 Å². The molecule has 0 aromatic heterocycles. The molecule has 1 N–H and O–H groups in total. The highest BCUT2D eigenvalue weighted by atomic mass is 16.5. The molecule has 0 bridgehead atoms. The lowest BCUT2D eigenvalue weighted by atomic mass is 9.83. The van der Waals surface area contributed by atoms with Gasteiger partial charge < -0.3 is 9.84 Å². The molecule has 0 aliphatic carbocycles. The maximum absolute atomic E-state index is 8.99. The molecule has 0 saturated carbocycles. The predicted molar refractivity (Wildman–Crippen MR) is 39.8 cm³/mol. The van der Waals surface area contributed by atoms with Gasteiger partial charge in [0.05, 0.1) is 19.3 Å². The van der Waals surface area contributed by atoms with E-state index in [0.717, 1.165) is 26.1 Å². The third kappa shape index (κ3) is 1.96. The van der Waals surface area contributed by atoms with Gasteiger partial charge in [-0.25, -0.2) is 0 Å². The fourth-order valence-corrected chi connectivity index (χ4v) is 1.15. The van der Waals surface area contributed by atoms with Gasteiger partial charge in [-0.2, -0.15) is 0 Å². The van der Waals surface area contributed by atoms with E-state index in [9.17, 15) is 0 Å². The summed E-state index contributed by atoms with van der Waals surface area (Å²) < 4.78 is 5.09. The van der Waals surface area contributed by atoms with Crippen LogP contribution in [0.25, 0.3) is 0 Å². The maximum Gasteiger partial charge on any atom is 0.0542 e. The van der Waals surface area contributed by atoms with Crippen LogP contribution in [0.4, 0.5) is 0 Å². The van der Waals surface area contributed by atoms with E-state index in [1.54, 1.807) is 0 Å². The molecule has 1 aliphatic heterocycles. The van der Waals surface area contributed by atoms with Crippen LogP contribution in [0.1, 0.15) is 26.7 Å². The molecule has 2 nitrogen and oxygen atoms in total. The molecule has 0 radical (unpaired) electrons. The van der Waals surface area contributed by atoms with Crippen molar-refractivity contribution in [1.82, 2.24) is 0 Å². The van der Waals surface area contributed by atoms with E-state index in [0.29, 0.717) is 5.41 Å². The normalized spacial score (nSPS) is 25.5. The molecule has 0 amide bonds. The van der Waals surface area contributed by atoms with Crippen LogP contribution in [-0.2, 0) is 4.74 Å². The highest BCUT2D eigenvalue weighted by Gasteiger charge is 2.32. The van der Waals surface area contributed by atoms with Crippen LogP contribution < -0.4 is 0 Å². The summed E-state index contributed by atoms with van der Waals surface area (Å²) in [5.41, 5.74) is 0.372. The van der Waals surface area contributed by atoms with Crippen molar-refractivity contribution in [1.29, 1.82) is 0 Å². The lowest BCUT2D eigenvalue weighted by Gasteiger charge is -2.38. The van der Waals surface area contributed by atoms with Gasteiger partial charge in [-0.05, 0) is 19.8 Å². The summed E-state index contributed by atoms with van der Waals surface area (Å²) in [6.07, 6.45) is 1.84. The molecular formula is C8H16O2. The molecule has 1 atom stereocenters. The standard InChI is InChI=1S/C8H16O2/c1-7(9)3-4-8(2)5-10-6-8/h7,9H,3-6H2,1-2H3. The lowest BCUT2D eigenvalue weighted by Crippen LogP contribution is -2.40. The van der Waals surface area contributed by atoms with Crippen LogP contribution in [0, 0.1) is 5.41 Å². The minimum Gasteiger partial charge on any atom is -0.393 e. The molecule has 1 unspecified atom stereocenters. The molecule has 1 fully saturated rings. The topological polar surface area (TPSA) is 29.5 Å². The van der Waals surface area contributed by atoms with Crippen molar-refractivity contribution in [3.05, 3.63) is 0 Å². The molecule has 1 aliphatic rings. The quantitative estimate of drug-likeness (QED) is 0.644. The van der Waals surface area contributed by atoms with Gasteiger partial charge in [-0.3, -0.25) is 0 Å². The van der Waals surface area contributed by atoms with Crippen molar-refractivity contribution in [2.45, 2.75) is 32.8 Å². The first-order chi connectivity index (χ1) is 4.62. The fraction of sp³-hybridized carbons (Fsp3) is 1.00. The number of aliphatic hydroxyl groups excluding tert-OH is 1. The summed E-state index contributed by atoms with van der Waals surface area (Å²) in [5, 5.41) is 8.99. The second-order valence-electron chi connectivity index (χ2n) is 3.69. The Morgan fingerprint density at radius 2 is 2.20 bits per heavy atom. The van der Waals surface area contributed by atoms with Crippen molar-refractivity contribution in [2.75, 3.05) is 13.2 Å². The van der Waals surface area contributed by atoms with Crippen LogP contribution in [0.15, 0.2) is 0 Å². The Bertz CT molecular complexity index is 106. The van der Waals surface area contributed by atoms with Gasteiger partial charge >= 0.3 is 0 Å². The zero-order valence-corrected chi connectivity index (χ0v) is 6.76. The lowest BCUT2D eigenvalue weighted by molar-refractivity contribution is -0.109. The van der Waals surface area contributed by atoms with Gasteiger partial charge in [-0.1, -0.05) is 6.92 Å². The summed E-state index contributed by atoms with van der Waals surface area (Å²) >= 11 is 0. The van der Waals surface area contributed by atoms with Crippen molar-refractivity contribution < 1.29 is 9.84 Å². The van der Waals surface area contributed by atoms with E-state index in [1.807, 2.05) is 6.92 Å². The fourth-order valence-electron chi connectivity index (χ4n) is 1.15. The van der Waals surface area contributed by atoms with Gasteiger partial charge in [-0.15, -0.1) is 0 Å². The van der Waals surface area contributed by atoms with E-state index < -0.39 is 0 Å². The van der Waals surface area contributed by atoms with Crippen molar-refractivity contribution in [3.8, 4) is 0 Å². The monoisotopic (exact) mass is 144 g/mol. The minimum absolute atomic E-state index is 0.155. The predicted octanol–water partition coefficient (Wildman–Crippen LogP) is 1.18. The molecule has 60 valence electrons. The van der Waals surface area contributed by atoms with E-state index in [4.69, 9.17) is 9.84 Å². The Labute approximate surface area is 62.2 Å². The van der Waals surface area contributed by atoms with Crippen molar-refractivity contribution in [3.63, 3.8) is 0 Å². The zero-order chi connectivity index (χ0) is 7.61. The number of ether oxygens (including phenoxy) is 1. The third-order valence-corrected chi connectivity index (χ3v) is 2.07. The van der Waals surface area contributed by atoms with Crippen LogP contribution in [-0.4, -0.2) is 24.4 Å². The number of rotatable bonds is 3. The Morgan fingerprint density at radius 3 is 2.50 bits per heavy atom. The number of hydrogen-bond donors (Lipinski definition) is 1. The summed E-state index contributed by atoms with van der Waals surface area (Å²) in [6, 6.07) is 0. The first-order valence-corrected chi connectivity index (χ1v) is 3.88. The van der Waals surface area contributed by atoms with Crippen LogP contribution in [0.3, 0.4) is 0 Å². The molecule has 10 heavy (non-hydrogen) atoms. The van der Waals surface area contributed by atoms with Crippen molar-refractivity contribution >= 4 is 0 Å². The van der Waals surface area contributed by atoms with E-state index in [1.165, 1.54) is 0 Å². The second-order valence-corrected chi connectivity index (χ2v) is 3.69. The SMILES string of the molecule is CC(O)CCC1(C)COC1. The highest BCUT2D eigenvalue weighted by Crippen LogP contribution is 2.32. The smallest absolute Gasteiger partial charge is 0.0542 e. The zero-order valence-electron chi connectivity index (χ0n) is 6.76. The molecule has 0 aromatic rings. The summed E-state index contributed by atoms with van der Waals surface area (Å²) in [7, 11) is 0. The summed E-state index contributed by atoms with van der Waals surface area (Å²) in [6.45, 7) is 5.79. The van der Waals surface area contributed by atoms with Crippen LogP contribution in [0.5, 0.6) is 0 Å². The summed E-state index contributed by atoms with van der Waals surface area (Å²) in [5.74, 6) is 0. The molecular weight excluding hydrogens is 128 g/mol. The highest BCUT2D eigenvalue weighted by molar-refractivity contribution is 4.80. The maximum atomic E-state index is 8.99. The molecule has 0 spiro atoms. The molecule has 1 rings (SSSR count). The van der Waals surface area contributed by atoms with Crippen molar-refractivity contribution in [2.24, 2.45) is 5.41 Å². The third-order valence-electron chi connectivity index (χ3n) is 2.07. The van der Waals surface area contributed by atoms with Gasteiger partial charge in [0.2, 0.25) is 0 Å². The van der Waals surface area contributed by atoms with E-state index >= 15 is 0 Å². The molecule has 1 saturated heterocycles.